The van der Waals surface area contributed by atoms with Gasteiger partial charge in [0.2, 0.25) is 0 Å². The number of thiophene rings is 1. The SMILES string of the molecule is CN=C(NCCc1ccn(-c2ccc(F)cc2)n1)NCC(C)c1cccs1. The van der Waals surface area contributed by atoms with Crippen molar-refractivity contribution in [2.45, 2.75) is 19.3 Å². The van der Waals surface area contributed by atoms with Gasteiger partial charge in [0.05, 0.1) is 11.4 Å². The summed E-state index contributed by atoms with van der Waals surface area (Å²) in [5.74, 6) is 0.980. The van der Waals surface area contributed by atoms with Crippen LogP contribution >= 0.6 is 11.3 Å². The Labute approximate surface area is 163 Å². The average molecular weight is 386 g/mol. The summed E-state index contributed by atoms with van der Waals surface area (Å²) in [5, 5.41) is 13.3. The second kappa shape index (κ2) is 9.32. The fourth-order valence-electron chi connectivity index (χ4n) is 2.68. The zero-order chi connectivity index (χ0) is 19.1. The lowest BCUT2D eigenvalue weighted by atomic mass is 10.1. The number of guanidine groups is 1. The van der Waals surface area contributed by atoms with Crippen molar-refractivity contribution in [3.63, 3.8) is 0 Å². The fraction of sp³-hybridized carbons (Fsp3) is 0.300. The number of halogens is 1. The number of rotatable bonds is 7. The number of aromatic nitrogens is 2. The monoisotopic (exact) mass is 385 g/mol. The van der Waals surface area contributed by atoms with Gasteiger partial charge in [-0.05, 0) is 41.8 Å². The van der Waals surface area contributed by atoms with E-state index in [2.05, 4.69) is 45.2 Å². The molecule has 0 spiro atoms. The third-order valence-corrected chi connectivity index (χ3v) is 5.34. The molecule has 0 saturated carbocycles. The van der Waals surface area contributed by atoms with Gasteiger partial charge < -0.3 is 10.6 Å². The van der Waals surface area contributed by atoms with E-state index in [1.165, 1.54) is 17.0 Å². The maximum Gasteiger partial charge on any atom is 0.191 e. The van der Waals surface area contributed by atoms with Gasteiger partial charge in [-0.2, -0.15) is 5.10 Å². The molecule has 142 valence electrons. The van der Waals surface area contributed by atoms with Crippen molar-refractivity contribution in [2.24, 2.45) is 4.99 Å². The molecule has 2 aromatic heterocycles. The normalized spacial score (nSPS) is 12.8. The van der Waals surface area contributed by atoms with Crippen LogP contribution in [0.1, 0.15) is 23.4 Å². The van der Waals surface area contributed by atoms with Gasteiger partial charge in [0.25, 0.3) is 0 Å². The van der Waals surface area contributed by atoms with Gasteiger partial charge in [0, 0.05) is 43.5 Å². The molecule has 0 radical (unpaired) electrons. The van der Waals surface area contributed by atoms with Gasteiger partial charge >= 0.3 is 0 Å². The molecule has 2 heterocycles. The number of nitrogens with zero attached hydrogens (tertiary/aromatic N) is 3. The minimum Gasteiger partial charge on any atom is -0.356 e. The highest BCUT2D eigenvalue weighted by atomic mass is 32.1. The Kier molecular flexibility index (Phi) is 6.59. The Balaban J connectivity index is 1.45. The Morgan fingerprint density at radius 1 is 1.22 bits per heavy atom. The van der Waals surface area contributed by atoms with Crippen LogP contribution in [-0.2, 0) is 6.42 Å². The number of hydrogen-bond acceptors (Lipinski definition) is 3. The highest BCUT2D eigenvalue weighted by molar-refractivity contribution is 7.10. The summed E-state index contributed by atoms with van der Waals surface area (Å²) in [7, 11) is 1.77. The van der Waals surface area contributed by atoms with E-state index in [4.69, 9.17) is 0 Å². The van der Waals surface area contributed by atoms with Crippen LogP contribution in [0.5, 0.6) is 0 Å². The molecule has 0 amide bonds. The zero-order valence-corrected chi connectivity index (χ0v) is 16.3. The molecule has 1 aromatic carbocycles. The molecule has 0 aliphatic rings. The molecule has 0 saturated heterocycles. The van der Waals surface area contributed by atoms with Crippen LogP contribution < -0.4 is 10.6 Å². The van der Waals surface area contributed by atoms with Crippen molar-refractivity contribution in [3.8, 4) is 5.69 Å². The molecule has 0 fully saturated rings. The topological polar surface area (TPSA) is 54.2 Å². The number of nitrogens with one attached hydrogen (secondary N) is 2. The third-order valence-electron chi connectivity index (χ3n) is 4.24. The van der Waals surface area contributed by atoms with Gasteiger partial charge in [-0.25, -0.2) is 9.07 Å². The van der Waals surface area contributed by atoms with Crippen LogP contribution in [0.4, 0.5) is 4.39 Å². The van der Waals surface area contributed by atoms with Crippen molar-refractivity contribution >= 4 is 17.3 Å². The molecule has 1 atom stereocenters. The molecule has 0 bridgehead atoms. The van der Waals surface area contributed by atoms with Gasteiger partial charge in [-0.1, -0.05) is 13.0 Å². The van der Waals surface area contributed by atoms with Gasteiger partial charge in [0.15, 0.2) is 5.96 Å². The first-order valence-corrected chi connectivity index (χ1v) is 9.82. The molecule has 3 rings (SSSR count). The second-order valence-electron chi connectivity index (χ2n) is 6.27. The van der Waals surface area contributed by atoms with E-state index in [1.54, 1.807) is 35.2 Å². The van der Waals surface area contributed by atoms with E-state index < -0.39 is 0 Å². The largest absolute Gasteiger partial charge is 0.356 e. The third kappa shape index (κ3) is 5.40. The lowest BCUT2D eigenvalue weighted by molar-refractivity contribution is 0.627. The van der Waals surface area contributed by atoms with Crippen LogP contribution in [0.2, 0.25) is 0 Å². The number of benzene rings is 1. The fourth-order valence-corrected chi connectivity index (χ4v) is 3.47. The average Bonchev–Trinajstić information content (AvgIpc) is 3.37. The summed E-state index contributed by atoms with van der Waals surface area (Å²) < 4.78 is 14.8. The first kappa shape index (κ1) is 19.1. The maximum absolute atomic E-state index is 13.0. The van der Waals surface area contributed by atoms with E-state index in [0.717, 1.165) is 36.9 Å². The zero-order valence-electron chi connectivity index (χ0n) is 15.5. The minimum absolute atomic E-state index is 0.248. The summed E-state index contributed by atoms with van der Waals surface area (Å²) in [6.45, 7) is 3.76. The predicted molar refractivity (Wildman–Crippen MR) is 109 cm³/mol. The van der Waals surface area contributed by atoms with Crippen molar-refractivity contribution in [3.05, 3.63) is 70.4 Å². The summed E-state index contributed by atoms with van der Waals surface area (Å²) >= 11 is 1.77. The number of hydrogen-bond donors (Lipinski definition) is 2. The maximum atomic E-state index is 13.0. The molecular weight excluding hydrogens is 361 g/mol. The molecule has 3 aromatic rings. The first-order valence-electron chi connectivity index (χ1n) is 8.94. The first-order chi connectivity index (χ1) is 13.2. The minimum atomic E-state index is -0.248. The Bertz CT molecular complexity index is 855. The summed E-state index contributed by atoms with van der Waals surface area (Å²) in [4.78, 5) is 5.64. The van der Waals surface area contributed by atoms with E-state index in [1.807, 2.05) is 12.3 Å². The van der Waals surface area contributed by atoms with Crippen LogP contribution in [0.25, 0.3) is 5.69 Å². The van der Waals surface area contributed by atoms with Crippen molar-refractivity contribution in [2.75, 3.05) is 20.1 Å². The molecule has 7 heteroatoms. The Morgan fingerprint density at radius 2 is 2.04 bits per heavy atom. The van der Waals surface area contributed by atoms with E-state index in [0.29, 0.717) is 5.92 Å². The molecule has 0 aliphatic carbocycles. The van der Waals surface area contributed by atoms with Crippen molar-refractivity contribution in [1.82, 2.24) is 20.4 Å². The Hall–Kier alpha value is -2.67. The summed E-state index contributed by atoms with van der Waals surface area (Å²) in [6.07, 6.45) is 2.66. The standard InChI is InChI=1S/C20H24FN5S/c1-15(19-4-3-13-27-19)14-24-20(22-2)23-11-9-17-10-12-26(25-17)18-7-5-16(21)6-8-18/h3-8,10,12-13,15H,9,11,14H2,1-2H3,(H2,22,23,24). The highest BCUT2D eigenvalue weighted by Crippen LogP contribution is 2.19. The van der Waals surface area contributed by atoms with Crippen molar-refractivity contribution in [1.29, 1.82) is 0 Å². The summed E-state index contributed by atoms with van der Waals surface area (Å²) in [5.41, 5.74) is 1.81. The number of aliphatic imine (C=N–C) groups is 1. The molecule has 27 heavy (non-hydrogen) atoms. The van der Waals surface area contributed by atoms with Crippen LogP contribution in [0.15, 0.2) is 59.0 Å². The van der Waals surface area contributed by atoms with Crippen LogP contribution in [0.3, 0.4) is 0 Å². The lowest BCUT2D eigenvalue weighted by Crippen LogP contribution is -2.39. The van der Waals surface area contributed by atoms with Crippen molar-refractivity contribution < 1.29 is 4.39 Å². The Morgan fingerprint density at radius 3 is 2.74 bits per heavy atom. The molecule has 1 unspecified atom stereocenters. The van der Waals surface area contributed by atoms with E-state index >= 15 is 0 Å². The van der Waals surface area contributed by atoms with E-state index in [-0.39, 0.29) is 5.82 Å². The predicted octanol–water partition coefficient (Wildman–Crippen LogP) is 3.58. The molecule has 0 aliphatic heterocycles. The quantitative estimate of drug-likeness (QED) is 0.483. The highest BCUT2D eigenvalue weighted by Gasteiger charge is 2.08. The molecule has 5 nitrogen and oxygen atoms in total. The van der Waals surface area contributed by atoms with E-state index in [9.17, 15) is 4.39 Å². The summed E-state index contributed by atoms with van der Waals surface area (Å²) in [6, 6.07) is 12.5. The van der Waals surface area contributed by atoms with Gasteiger partial charge in [0.1, 0.15) is 5.82 Å². The lowest BCUT2D eigenvalue weighted by Gasteiger charge is -2.15. The molecular formula is C20H24FN5S. The van der Waals surface area contributed by atoms with Gasteiger partial charge in [-0.15, -0.1) is 11.3 Å². The van der Waals surface area contributed by atoms with Crippen LogP contribution in [-0.4, -0.2) is 35.9 Å². The van der Waals surface area contributed by atoms with Crippen LogP contribution in [0, 0.1) is 5.82 Å². The van der Waals surface area contributed by atoms with Gasteiger partial charge in [-0.3, -0.25) is 4.99 Å². The molecule has 2 N–H and O–H groups in total. The smallest absolute Gasteiger partial charge is 0.191 e. The second-order valence-corrected chi connectivity index (χ2v) is 7.25.